The molecule has 1 N–H and O–H groups in total. The van der Waals surface area contributed by atoms with Gasteiger partial charge in [0, 0.05) is 13.7 Å². The first-order chi connectivity index (χ1) is 5.72. The van der Waals surface area contributed by atoms with Crippen LogP contribution in [0.4, 0.5) is 0 Å². The molecule has 1 amide bonds. The molecule has 12 heavy (non-hydrogen) atoms. The molecule has 1 saturated carbocycles. The fourth-order valence-electron chi connectivity index (χ4n) is 1.33. The quantitative estimate of drug-likeness (QED) is 0.671. The highest BCUT2D eigenvalue weighted by Gasteiger charge is 2.36. The lowest BCUT2D eigenvalue weighted by Crippen LogP contribution is -2.49. The highest BCUT2D eigenvalue weighted by Crippen LogP contribution is 2.34. The molecule has 4 heteroatoms. The van der Waals surface area contributed by atoms with Gasteiger partial charge in [0.2, 0.25) is 5.91 Å². The van der Waals surface area contributed by atoms with Crippen molar-refractivity contribution in [2.45, 2.75) is 24.9 Å². The minimum atomic E-state index is -0.125. The van der Waals surface area contributed by atoms with Crippen LogP contribution < -0.4 is 5.32 Å². The third-order valence-electron chi connectivity index (χ3n) is 2.43. The lowest BCUT2D eigenvalue weighted by molar-refractivity contribution is -0.122. The van der Waals surface area contributed by atoms with Crippen molar-refractivity contribution >= 4 is 17.5 Å². The van der Waals surface area contributed by atoms with E-state index in [-0.39, 0.29) is 17.4 Å². The van der Waals surface area contributed by atoms with Gasteiger partial charge in [-0.05, 0) is 19.3 Å². The normalized spacial score (nSPS) is 19.8. The highest BCUT2D eigenvalue weighted by molar-refractivity contribution is 6.27. The lowest BCUT2D eigenvalue weighted by atomic mass is 9.80. The molecule has 3 nitrogen and oxygen atoms in total. The van der Waals surface area contributed by atoms with Gasteiger partial charge >= 0.3 is 0 Å². The van der Waals surface area contributed by atoms with Crippen molar-refractivity contribution in [2.75, 3.05) is 19.5 Å². The highest BCUT2D eigenvalue weighted by atomic mass is 35.5. The monoisotopic (exact) mass is 191 g/mol. The standard InChI is InChI=1S/C8H14ClNO2/c1-12-8(3-2-4-8)6-10-7(11)5-9/h2-6H2,1H3,(H,10,11). The lowest BCUT2D eigenvalue weighted by Gasteiger charge is -2.40. The van der Waals surface area contributed by atoms with Gasteiger partial charge in [0.25, 0.3) is 0 Å². The molecule has 0 aliphatic heterocycles. The van der Waals surface area contributed by atoms with Gasteiger partial charge in [-0.2, -0.15) is 0 Å². The molecule has 0 radical (unpaired) electrons. The number of hydrogen-bond acceptors (Lipinski definition) is 2. The van der Waals surface area contributed by atoms with Crippen LogP contribution >= 0.6 is 11.6 Å². The average Bonchev–Trinajstić information content (AvgIpc) is 2.03. The number of methoxy groups -OCH3 is 1. The Bertz CT molecular complexity index is 163. The number of carbonyl (C=O) groups is 1. The zero-order valence-electron chi connectivity index (χ0n) is 7.23. The SMILES string of the molecule is COC1(CNC(=O)CCl)CCC1. The molecule has 0 aromatic carbocycles. The summed E-state index contributed by atoms with van der Waals surface area (Å²) in [5, 5.41) is 2.73. The molecule has 1 aliphatic carbocycles. The molecule has 0 heterocycles. The largest absolute Gasteiger partial charge is 0.376 e. The van der Waals surface area contributed by atoms with Crippen molar-refractivity contribution in [3.8, 4) is 0 Å². The van der Waals surface area contributed by atoms with E-state index >= 15 is 0 Å². The zero-order chi connectivity index (χ0) is 9.03. The minimum absolute atomic E-state index is 0.0276. The Morgan fingerprint density at radius 2 is 2.33 bits per heavy atom. The third kappa shape index (κ3) is 2.11. The Hall–Kier alpha value is -0.280. The summed E-state index contributed by atoms with van der Waals surface area (Å²) in [6, 6.07) is 0. The number of hydrogen-bond donors (Lipinski definition) is 1. The Morgan fingerprint density at radius 3 is 2.67 bits per heavy atom. The second kappa shape index (κ2) is 4.10. The maximum Gasteiger partial charge on any atom is 0.235 e. The van der Waals surface area contributed by atoms with Crippen LogP contribution in [0.15, 0.2) is 0 Å². The van der Waals surface area contributed by atoms with Crippen molar-refractivity contribution in [1.82, 2.24) is 5.32 Å². The number of carbonyl (C=O) groups excluding carboxylic acids is 1. The molecule has 0 aromatic rings. The van der Waals surface area contributed by atoms with Crippen LogP contribution in [-0.2, 0) is 9.53 Å². The van der Waals surface area contributed by atoms with E-state index in [1.807, 2.05) is 0 Å². The summed E-state index contributed by atoms with van der Waals surface area (Å²) in [6.45, 7) is 0.592. The summed E-state index contributed by atoms with van der Waals surface area (Å²) >= 11 is 5.33. The van der Waals surface area contributed by atoms with Crippen molar-refractivity contribution in [3.63, 3.8) is 0 Å². The molecule has 70 valence electrons. The van der Waals surface area contributed by atoms with E-state index in [4.69, 9.17) is 16.3 Å². The predicted octanol–water partition coefficient (Wildman–Crippen LogP) is 0.911. The van der Waals surface area contributed by atoms with E-state index in [0.717, 1.165) is 12.8 Å². The van der Waals surface area contributed by atoms with Gasteiger partial charge in [-0.25, -0.2) is 0 Å². The summed E-state index contributed by atoms with van der Waals surface area (Å²) in [7, 11) is 1.69. The summed E-state index contributed by atoms with van der Waals surface area (Å²) in [5.41, 5.74) is -0.0955. The van der Waals surface area contributed by atoms with Gasteiger partial charge in [-0.3, -0.25) is 4.79 Å². The van der Waals surface area contributed by atoms with Crippen LogP contribution in [0.3, 0.4) is 0 Å². The van der Waals surface area contributed by atoms with E-state index in [1.165, 1.54) is 6.42 Å². The average molecular weight is 192 g/mol. The Balaban J connectivity index is 2.24. The number of nitrogens with one attached hydrogen (secondary N) is 1. The molecule has 1 aliphatic rings. The first-order valence-corrected chi connectivity index (χ1v) is 4.64. The molecule has 0 spiro atoms. The van der Waals surface area contributed by atoms with Crippen LogP contribution in [0.25, 0.3) is 0 Å². The Morgan fingerprint density at radius 1 is 1.67 bits per heavy atom. The molecule has 1 rings (SSSR count). The summed E-state index contributed by atoms with van der Waals surface area (Å²) in [5.74, 6) is -0.0974. The Kier molecular flexibility index (Phi) is 3.35. The second-order valence-corrected chi connectivity index (χ2v) is 3.42. The molecule has 0 atom stereocenters. The maximum atomic E-state index is 10.8. The van der Waals surface area contributed by atoms with Crippen molar-refractivity contribution in [3.05, 3.63) is 0 Å². The molecule has 0 aromatic heterocycles. The number of amides is 1. The van der Waals surface area contributed by atoms with E-state index in [2.05, 4.69) is 5.32 Å². The molecular formula is C8H14ClNO2. The van der Waals surface area contributed by atoms with Gasteiger partial charge in [-0.1, -0.05) is 0 Å². The maximum absolute atomic E-state index is 10.8. The van der Waals surface area contributed by atoms with E-state index < -0.39 is 0 Å². The van der Waals surface area contributed by atoms with Crippen molar-refractivity contribution < 1.29 is 9.53 Å². The molecular weight excluding hydrogens is 178 g/mol. The first kappa shape index (κ1) is 9.81. The third-order valence-corrected chi connectivity index (χ3v) is 2.67. The zero-order valence-corrected chi connectivity index (χ0v) is 7.99. The van der Waals surface area contributed by atoms with Crippen molar-refractivity contribution in [1.29, 1.82) is 0 Å². The summed E-state index contributed by atoms with van der Waals surface area (Å²) in [4.78, 5) is 10.8. The van der Waals surface area contributed by atoms with Gasteiger partial charge in [-0.15, -0.1) is 11.6 Å². The number of rotatable bonds is 4. The van der Waals surface area contributed by atoms with Crippen LogP contribution in [0, 0.1) is 0 Å². The first-order valence-electron chi connectivity index (χ1n) is 4.10. The number of halogens is 1. The van der Waals surface area contributed by atoms with E-state index in [0.29, 0.717) is 6.54 Å². The summed E-state index contributed by atoms with van der Waals surface area (Å²) < 4.78 is 5.31. The van der Waals surface area contributed by atoms with Crippen LogP contribution in [0.2, 0.25) is 0 Å². The molecule has 0 bridgehead atoms. The van der Waals surface area contributed by atoms with Crippen LogP contribution in [-0.4, -0.2) is 31.0 Å². The number of alkyl halides is 1. The predicted molar refractivity (Wildman–Crippen MR) is 47.3 cm³/mol. The van der Waals surface area contributed by atoms with Gasteiger partial charge in [0.05, 0.1) is 5.60 Å². The van der Waals surface area contributed by atoms with Crippen LogP contribution in [0.1, 0.15) is 19.3 Å². The Labute approximate surface area is 77.4 Å². The van der Waals surface area contributed by atoms with Gasteiger partial charge in [0.15, 0.2) is 0 Å². The molecule has 0 unspecified atom stereocenters. The minimum Gasteiger partial charge on any atom is -0.376 e. The van der Waals surface area contributed by atoms with Crippen LogP contribution in [0.5, 0.6) is 0 Å². The fraction of sp³-hybridized carbons (Fsp3) is 0.875. The van der Waals surface area contributed by atoms with Gasteiger partial charge < -0.3 is 10.1 Å². The van der Waals surface area contributed by atoms with E-state index in [9.17, 15) is 4.79 Å². The second-order valence-electron chi connectivity index (χ2n) is 3.15. The topological polar surface area (TPSA) is 38.3 Å². The smallest absolute Gasteiger partial charge is 0.235 e. The van der Waals surface area contributed by atoms with Crippen molar-refractivity contribution in [2.24, 2.45) is 0 Å². The molecule has 1 fully saturated rings. The molecule has 0 saturated heterocycles. The van der Waals surface area contributed by atoms with Gasteiger partial charge in [0.1, 0.15) is 5.88 Å². The number of ether oxygens (including phenoxy) is 1. The van der Waals surface area contributed by atoms with E-state index in [1.54, 1.807) is 7.11 Å². The summed E-state index contributed by atoms with van der Waals surface area (Å²) in [6.07, 6.45) is 3.25. The fourth-order valence-corrected chi connectivity index (χ4v) is 1.43.